The predicted octanol–water partition coefficient (Wildman–Crippen LogP) is -0.293. The van der Waals surface area contributed by atoms with Crippen molar-refractivity contribution in [3.05, 3.63) is 11.9 Å². The summed E-state index contributed by atoms with van der Waals surface area (Å²) in [6, 6.07) is 0. The number of aliphatic hydroxyl groups excluding tert-OH is 3. The second-order valence-corrected chi connectivity index (χ2v) is 4.66. The minimum Gasteiger partial charge on any atom is -0.479 e. The van der Waals surface area contributed by atoms with E-state index in [2.05, 4.69) is 0 Å². The Morgan fingerprint density at radius 1 is 1.12 bits per heavy atom. The molecule has 5 atom stereocenters. The van der Waals surface area contributed by atoms with Crippen molar-refractivity contribution in [2.45, 2.75) is 78.1 Å². The van der Waals surface area contributed by atoms with Crippen molar-refractivity contribution in [1.82, 2.24) is 5.01 Å². The van der Waals surface area contributed by atoms with Crippen LogP contribution in [0.1, 0.15) is 47.5 Å². The summed E-state index contributed by atoms with van der Waals surface area (Å²) in [5, 5.41) is 38.8. The third kappa shape index (κ3) is 7.02. The molecule has 0 aliphatic carbocycles. The number of carbonyl (C=O) groups is 1. The van der Waals surface area contributed by atoms with Crippen LogP contribution in [0, 0.1) is 0 Å². The summed E-state index contributed by atoms with van der Waals surface area (Å²) >= 11 is 0. The number of carboxylic acids is 1. The first-order valence-corrected chi connectivity index (χ1v) is 8.21. The SMILES string of the molecule is CC.CC.CCC/C(N)=C/N(N)C1OC(C(=O)O)C(O)C(O)C1O. The van der Waals surface area contributed by atoms with Gasteiger partial charge in [-0.1, -0.05) is 41.0 Å². The van der Waals surface area contributed by atoms with E-state index in [-0.39, 0.29) is 0 Å². The maximum absolute atomic E-state index is 10.9. The first-order chi connectivity index (χ1) is 11.3. The van der Waals surface area contributed by atoms with Gasteiger partial charge in [-0.2, -0.15) is 0 Å². The standard InChI is InChI=1S/C11H21N3O6.2C2H6/c1-2-3-5(12)4-14(13)10-8(17)6(15)7(16)9(20-10)11(18)19;2*1-2/h4,6-10,15-17H,2-3,12-13H2,1H3,(H,18,19);2*1-2H3/b5-4-;;. The lowest BCUT2D eigenvalue weighted by molar-refractivity contribution is -0.254. The number of nitrogens with zero attached hydrogens (tertiary/aromatic N) is 1. The van der Waals surface area contributed by atoms with E-state index in [0.29, 0.717) is 12.1 Å². The van der Waals surface area contributed by atoms with Crippen LogP contribution in [-0.4, -0.2) is 62.0 Å². The van der Waals surface area contributed by atoms with Crippen molar-refractivity contribution in [1.29, 1.82) is 0 Å². The number of hydrogen-bond acceptors (Lipinski definition) is 8. The Balaban J connectivity index is 0. The fourth-order valence-electron chi connectivity index (χ4n) is 1.93. The molecule has 144 valence electrons. The molecule has 0 radical (unpaired) electrons. The van der Waals surface area contributed by atoms with Gasteiger partial charge in [-0.25, -0.2) is 10.6 Å². The summed E-state index contributed by atoms with van der Waals surface area (Å²) < 4.78 is 5.02. The average Bonchev–Trinajstić information content (AvgIpc) is 2.56. The van der Waals surface area contributed by atoms with Gasteiger partial charge in [0.1, 0.15) is 18.3 Å². The second-order valence-electron chi connectivity index (χ2n) is 4.66. The number of allylic oxidation sites excluding steroid dienone is 1. The minimum atomic E-state index is -1.75. The zero-order valence-corrected chi connectivity index (χ0v) is 15.1. The van der Waals surface area contributed by atoms with Crippen molar-refractivity contribution in [3.8, 4) is 0 Å². The van der Waals surface area contributed by atoms with Crippen LogP contribution in [0.4, 0.5) is 0 Å². The molecule has 1 heterocycles. The molecule has 9 heteroatoms. The van der Waals surface area contributed by atoms with Gasteiger partial charge in [0.25, 0.3) is 0 Å². The summed E-state index contributed by atoms with van der Waals surface area (Å²) in [5.41, 5.74) is 6.08. The molecule has 8 N–H and O–H groups in total. The van der Waals surface area contributed by atoms with E-state index >= 15 is 0 Å². The molecule has 9 nitrogen and oxygen atoms in total. The number of carboxylic acid groups (broad SMARTS) is 1. The number of hydrazine groups is 1. The van der Waals surface area contributed by atoms with E-state index in [9.17, 15) is 20.1 Å². The third-order valence-electron chi connectivity index (χ3n) is 2.98. The highest BCUT2D eigenvalue weighted by atomic mass is 16.6. The molecular formula is C15H33N3O6. The Bertz CT molecular complexity index is 380. The predicted molar refractivity (Wildman–Crippen MR) is 90.2 cm³/mol. The van der Waals surface area contributed by atoms with Crippen molar-refractivity contribution in [2.24, 2.45) is 11.6 Å². The Labute approximate surface area is 143 Å². The van der Waals surface area contributed by atoms with E-state index in [1.54, 1.807) is 0 Å². The lowest BCUT2D eigenvalue weighted by atomic mass is 9.98. The highest BCUT2D eigenvalue weighted by molar-refractivity contribution is 5.73. The van der Waals surface area contributed by atoms with E-state index in [4.69, 9.17) is 21.4 Å². The van der Waals surface area contributed by atoms with E-state index in [1.807, 2.05) is 34.6 Å². The molecule has 0 aromatic carbocycles. The van der Waals surface area contributed by atoms with Gasteiger partial charge in [-0.05, 0) is 6.42 Å². The van der Waals surface area contributed by atoms with Gasteiger partial charge in [-0.3, -0.25) is 5.01 Å². The van der Waals surface area contributed by atoms with Gasteiger partial charge in [0.15, 0.2) is 12.3 Å². The molecule has 1 saturated heterocycles. The molecule has 0 bridgehead atoms. The Morgan fingerprint density at radius 2 is 1.62 bits per heavy atom. The fourth-order valence-corrected chi connectivity index (χ4v) is 1.93. The number of nitrogens with two attached hydrogens (primary N) is 2. The molecule has 1 fully saturated rings. The lowest BCUT2D eigenvalue weighted by Crippen LogP contribution is -2.64. The Kier molecular flexibility index (Phi) is 13.4. The summed E-state index contributed by atoms with van der Waals surface area (Å²) in [6.45, 7) is 9.91. The van der Waals surface area contributed by atoms with Crippen LogP contribution in [-0.2, 0) is 9.53 Å². The highest BCUT2D eigenvalue weighted by Crippen LogP contribution is 2.23. The number of aliphatic hydroxyl groups is 3. The van der Waals surface area contributed by atoms with Crippen LogP contribution in [0.2, 0.25) is 0 Å². The third-order valence-corrected chi connectivity index (χ3v) is 2.98. The van der Waals surface area contributed by atoms with E-state index < -0.39 is 36.6 Å². The van der Waals surface area contributed by atoms with Gasteiger partial charge >= 0.3 is 5.97 Å². The van der Waals surface area contributed by atoms with Crippen molar-refractivity contribution in [2.75, 3.05) is 0 Å². The summed E-state index contributed by atoms with van der Waals surface area (Å²) in [7, 11) is 0. The first kappa shape index (κ1) is 24.9. The fraction of sp³-hybridized carbons (Fsp3) is 0.800. The zero-order valence-electron chi connectivity index (χ0n) is 15.1. The van der Waals surface area contributed by atoms with Crippen LogP contribution < -0.4 is 11.6 Å². The molecule has 1 rings (SSSR count). The average molecular weight is 351 g/mol. The van der Waals surface area contributed by atoms with Crippen LogP contribution in [0.15, 0.2) is 11.9 Å². The maximum atomic E-state index is 10.9. The molecule has 24 heavy (non-hydrogen) atoms. The van der Waals surface area contributed by atoms with Crippen LogP contribution in [0.5, 0.6) is 0 Å². The molecule has 5 unspecified atom stereocenters. The second kappa shape index (κ2) is 13.0. The van der Waals surface area contributed by atoms with Crippen LogP contribution >= 0.6 is 0 Å². The molecule has 0 saturated carbocycles. The number of ether oxygens (including phenoxy) is 1. The smallest absolute Gasteiger partial charge is 0.335 e. The number of rotatable bonds is 5. The quantitative estimate of drug-likeness (QED) is 0.288. The van der Waals surface area contributed by atoms with Crippen molar-refractivity contribution >= 4 is 5.97 Å². The highest BCUT2D eigenvalue weighted by Gasteiger charge is 2.48. The lowest BCUT2D eigenvalue weighted by Gasteiger charge is -2.41. The van der Waals surface area contributed by atoms with Gasteiger partial charge in [-0.15, -0.1) is 0 Å². The number of aliphatic carboxylic acids is 1. The molecule has 0 aromatic heterocycles. The van der Waals surface area contributed by atoms with Crippen LogP contribution in [0.3, 0.4) is 0 Å². The maximum Gasteiger partial charge on any atom is 0.335 e. The molecule has 0 spiro atoms. The molecule has 1 aliphatic heterocycles. The monoisotopic (exact) mass is 351 g/mol. The van der Waals surface area contributed by atoms with Crippen molar-refractivity contribution < 1.29 is 30.0 Å². The minimum absolute atomic E-state index is 0.415. The summed E-state index contributed by atoms with van der Waals surface area (Å²) in [6.07, 6.45) is -5.40. The van der Waals surface area contributed by atoms with E-state index in [1.165, 1.54) is 6.20 Å². The Hall–Kier alpha value is -1.39. The topological polar surface area (TPSA) is 162 Å². The van der Waals surface area contributed by atoms with E-state index in [0.717, 1.165) is 11.4 Å². The van der Waals surface area contributed by atoms with Gasteiger partial charge < -0.3 is 30.9 Å². The van der Waals surface area contributed by atoms with Gasteiger partial charge in [0.2, 0.25) is 0 Å². The molecular weight excluding hydrogens is 318 g/mol. The van der Waals surface area contributed by atoms with Crippen molar-refractivity contribution in [3.63, 3.8) is 0 Å². The van der Waals surface area contributed by atoms with Gasteiger partial charge in [0.05, 0.1) is 0 Å². The number of hydrogen-bond donors (Lipinski definition) is 6. The summed E-state index contributed by atoms with van der Waals surface area (Å²) in [4.78, 5) is 10.9. The first-order valence-electron chi connectivity index (χ1n) is 8.21. The Morgan fingerprint density at radius 3 is 2.04 bits per heavy atom. The largest absolute Gasteiger partial charge is 0.479 e. The zero-order chi connectivity index (χ0) is 19.4. The molecule has 0 amide bonds. The molecule has 1 aliphatic rings. The normalized spacial score (nSPS) is 29.5. The van der Waals surface area contributed by atoms with Crippen LogP contribution in [0.25, 0.3) is 0 Å². The summed E-state index contributed by atoms with van der Waals surface area (Å²) in [5.74, 6) is 4.18. The van der Waals surface area contributed by atoms with Gasteiger partial charge in [0, 0.05) is 11.9 Å². The molecule has 0 aromatic rings.